The summed E-state index contributed by atoms with van der Waals surface area (Å²) in [4.78, 5) is 1.01. The molecule has 4 heteroatoms. The Bertz CT molecular complexity index is 331. The Balaban J connectivity index is 2.97. The van der Waals surface area contributed by atoms with Crippen LogP contribution in [0.15, 0.2) is 23.1 Å². The molecule has 0 saturated heterocycles. The van der Waals surface area contributed by atoms with Gasteiger partial charge in [-0.25, -0.2) is 0 Å². The molecule has 0 radical (unpaired) electrons. The van der Waals surface area contributed by atoms with Crippen LogP contribution < -0.4 is 0 Å². The molecular formula is C11H13F3S. The maximum absolute atomic E-state index is 12.2. The molecule has 0 aliphatic rings. The molecule has 0 aliphatic carbocycles. The van der Waals surface area contributed by atoms with Crippen LogP contribution in [-0.2, 0) is 12.8 Å². The SMILES string of the molecule is CCc1cc(SC)ccc1CC(F)(F)F. The van der Waals surface area contributed by atoms with E-state index in [1.165, 1.54) is 0 Å². The fourth-order valence-electron chi connectivity index (χ4n) is 1.45. The summed E-state index contributed by atoms with van der Waals surface area (Å²) in [5, 5.41) is 0. The summed E-state index contributed by atoms with van der Waals surface area (Å²) in [6.07, 6.45) is -2.40. The number of hydrogen-bond acceptors (Lipinski definition) is 1. The van der Waals surface area contributed by atoms with Gasteiger partial charge in [-0.3, -0.25) is 0 Å². The zero-order valence-electron chi connectivity index (χ0n) is 8.69. The van der Waals surface area contributed by atoms with Crippen molar-refractivity contribution < 1.29 is 13.2 Å². The van der Waals surface area contributed by atoms with Gasteiger partial charge in [-0.1, -0.05) is 13.0 Å². The second-order valence-corrected chi connectivity index (χ2v) is 4.16. The van der Waals surface area contributed by atoms with Crippen LogP contribution in [0.2, 0.25) is 0 Å². The molecule has 1 aromatic rings. The Morgan fingerprint density at radius 1 is 1.20 bits per heavy atom. The summed E-state index contributed by atoms with van der Waals surface area (Å²) in [5.74, 6) is 0. The molecule has 0 saturated carbocycles. The number of rotatable bonds is 3. The average molecular weight is 234 g/mol. The van der Waals surface area contributed by atoms with E-state index in [1.54, 1.807) is 23.9 Å². The lowest BCUT2D eigenvalue weighted by Crippen LogP contribution is -2.13. The first-order valence-electron chi connectivity index (χ1n) is 4.69. The van der Waals surface area contributed by atoms with Crippen molar-refractivity contribution in [2.45, 2.75) is 30.8 Å². The minimum atomic E-state index is -4.12. The fraction of sp³-hybridized carbons (Fsp3) is 0.455. The molecule has 1 aromatic carbocycles. The molecule has 0 heterocycles. The Morgan fingerprint density at radius 3 is 2.33 bits per heavy atom. The lowest BCUT2D eigenvalue weighted by Gasteiger charge is -2.11. The van der Waals surface area contributed by atoms with Crippen molar-refractivity contribution in [1.82, 2.24) is 0 Å². The molecule has 84 valence electrons. The van der Waals surface area contributed by atoms with E-state index in [9.17, 15) is 13.2 Å². The largest absolute Gasteiger partial charge is 0.393 e. The second-order valence-electron chi connectivity index (χ2n) is 3.28. The van der Waals surface area contributed by atoms with E-state index in [4.69, 9.17) is 0 Å². The molecule has 0 unspecified atom stereocenters. The van der Waals surface area contributed by atoms with Crippen molar-refractivity contribution in [3.05, 3.63) is 29.3 Å². The molecule has 0 aliphatic heterocycles. The van der Waals surface area contributed by atoms with Gasteiger partial charge in [-0.05, 0) is 35.9 Å². The van der Waals surface area contributed by atoms with E-state index >= 15 is 0 Å². The number of thioether (sulfide) groups is 1. The highest BCUT2D eigenvalue weighted by molar-refractivity contribution is 7.98. The molecule has 0 nitrogen and oxygen atoms in total. The van der Waals surface area contributed by atoms with E-state index < -0.39 is 12.6 Å². The van der Waals surface area contributed by atoms with E-state index in [0.29, 0.717) is 12.0 Å². The second kappa shape index (κ2) is 4.92. The van der Waals surface area contributed by atoms with Gasteiger partial charge in [-0.15, -0.1) is 11.8 Å². The first-order chi connectivity index (χ1) is 6.96. The van der Waals surface area contributed by atoms with E-state index in [-0.39, 0.29) is 0 Å². The van der Waals surface area contributed by atoms with Gasteiger partial charge in [0.1, 0.15) is 0 Å². The number of hydrogen-bond donors (Lipinski definition) is 0. The standard InChI is InChI=1S/C11H13F3S/c1-3-8-6-10(15-2)5-4-9(8)7-11(12,13)14/h4-6H,3,7H2,1-2H3. The summed E-state index contributed by atoms with van der Waals surface area (Å²) in [7, 11) is 0. The lowest BCUT2D eigenvalue weighted by molar-refractivity contribution is -0.127. The predicted octanol–water partition coefficient (Wildman–Crippen LogP) is 4.08. The molecule has 0 atom stereocenters. The van der Waals surface area contributed by atoms with Crippen molar-refractivity contribution in [2.24, 2.45) is 0 Å². The summed E-state index contributed by atoms with van der Waals surface area (Å²) in [6, 6.07) is 5.16. The minimum Gasteiger partial charge on any atom is -0.171 e. The van der Waals surface area contributed by atoms with E-state index in [0.717, 1.165) is 10.5 Å². The first-order valence-corrected chi connectivity index (χ1v) is 5.91. The number of benzene rings is 1. The first kappa shape index (κ1) is 12.4. The zero-order valence-corrected chi connectivity index (χ0v) is 9.50. The fourth-order valence-corrected chi connectivity index (χ4v) is 1.91. The maximum atomic E-state index is 12.2. The van der Waals surface area contributed by atoms with Gasteiger partial charge >= 0.3 is 6.18 Å². The molecule has 0 fully saturated rings. The Morgan fingerprint density at radius 2 is 1.87 bits per heavy atom. The zero-order chi connectivity index (χ0) is 11.5. The third-order valence-corrected chi connectivity index (χ3v) is 2.91. The van der Waals surface area contributed by atoms with E-state index in [2.05, 4.69) is 0 Å². The van der Waals surface area contributed by atoms with Crippen molar-refractivity contribution in [3.63, 3.8) is 0 Å². The van der Waals surface area contributed by atoms with Gasteiger partial charge < -0.3 is 0 Å². The highest BCUT2D eigenvalue weighted by atomic mass is 32.2. The lowest BCUT2D eigenvalue weighted by atomic mass is 10.0. The number of aryl methyl sites for hydroxylation is 1. The molecule has 0 spiro atoms. The highest BCUT2D eigenvalue weighted by Gasteiger charge is 2.28. The van der Waals surface area contributed by atoms with Crippen LogP contribution in [0.1, 0.15) is 18.1 Å². The van der Waals surface area contributed by atoms with Crippen molar-refractivity contribution in [2.75, 3.05) is 6.26 Å². The van der Waals surface area contributed by atoms with Gasteiger partial charge in [0.05, 0.1) is 6.42 Å². The van der Waals surface area contributed by atoms with Gasteiger partial charge in [0.2, 0.25) is 0 Å². The van der Waals surface area contributed by atoms with Crippen LogP contribution in [0, 0.1) is 0 Å². The predicted molar refractivity (Wildman–Crippen MR) is 57.4 cm³/mol. The van der Waals surface area contributed by atoms with Crippen LogP contribution in [0.4, 0.5) is 13.2 Å². The van der Waals surface area contributed by atoms with Crippen LogP contribution in [0.5, 0.6) is 0 Å². The molecule has 1 rings (SSSR count). The quantitative estimate of drug-likeness (QED) is 0.710. The van der Waals surface area contributed by atoms with Gasteiger partial charge in [-0.2, -0.15) is 13.2 Å². The summed E-state index contributed by atoms with van der Waals surface area (Å²) >= 11 is 1.54. The number of alkyl halides is 3. The summed E-state index contributed by atoms with van der Waals surface area (Å²) in [6.45, 7) is 1.87. The molecule has 0 amide bonds. The highest BCUT2D eigenvalue weighted by Crippen LogP contribution is 2.26. The Labute approximate surface area is 91.9 Å². The molecule has 15 heavy (non-hydrogen) atoms. The maximum Gasteiger partial charge on any atom is 0.393 e. The molecule has 0 aromatic heterocycles. The van der Waals surface area contributed by atoms with Crippen LogP contribution in [0.3, 0.4) is 0 Å². The Hall–Kier alpha value is -0.640. The van der Waals surface area contributed by atoms with Gasteiger partial charge in [0, 0.05) is 4.90 Å². The topological polar surface area (TPSA) is 0 Å². The smallest absolute Gasteiger partial charge is 0.171 e. The number of halogens is 3. The summed E-state index contributed by atoms with van der Waals surface area (Å²) < 4.78 is 36.7. The van der Waals surface area contributed by atoms with Crippen molar-refractivity contribution >= 4 is 11.8 Å². The summed E-state index contributed by atoms with van der Waals surface area (Å²) in [5.41, 5.74) is 1.18. The van der Waals surface area contributed by atoms with Crippen LogP contribution in [0.25, 0.3) is 0 Å². The minimum absolute atomic E-state index is 0.391. The van der Waals surface area contributed by atoms with E-state index in [1.807, 2.05) is 19.2 Å². The Kier molecular flexibility index (Phi) is 4.08. The van der Waals surface area contributed by atoms with Gasteiger partial charge in [0.25, 0.3) is 0 Å². The molecule has 0 N–H and O–H groups in total. The van der Waals surface area contributed by atoms with Crippen molar-refractivity contribution in [1.29, 1.82) is 0 Å². The average Bonchev–Trinajstić information content (AvgIpc) is 2.16. The molecular weight excluding hydrogens is 221 g/mol. The third-order valence-electron chi connectivity index (χ3n) is 2.19. The van der Waals surface area contributed by atoms with Gasteiger partial charge in [0.15, 0.2) is 0 Å². The van der Waals surface area contributed by atoms with Crippen LogP contribution >= 0.6 is 11.8 Å². The van der Waals surface area contributed by atoms with Crippen molar-refractivity contribution in [3.8, 4) is 0 Å². The third kappa shape index (κ3) is 3.78. The normalized spacial score (nSPS) is 11.8. The van der Waals surface area contributed by atoms with Crippen LogP contribution in [-0.4, -0.2) is 12.4 Å². The molecule has 0 bridgehead atoms. The monoisotopic (exact) mass is 234 g/mol.